The smallest absolute Gasteiger partial charge is 0.357 e. The average molecular weight is 494 g/mol. The molecule has 35 heavy (non-hydrogen) atoms. The van der Waals surface area contributed by atoms with Crippen LogP contribution in [0.15, 0.2) is 17.8 Å². The molecule has 1 amide bonds. The fraction of sp³-hybridized carbons (Fsp3) is 0.458. The Morgan fingerprint density at radius 1 is 1.20 bits per heavy atom. The first kappa shape index (κ1) is 22.0. The van der Waals surface area contributed by atoms with Gasteiger partial charge in [0.05, 0.1) is 12.9 Å². The van der Waals surface area contributed by atoms with Gasteiger partial charge in [0.2, 0.25) is 0 Å². The van der Waals surface area contributed by atoms with E-state index in [1.54, 1.807) is 18.6 Å². The summed E-state index contributed by atoms with van der Waals surface area (Å²) in [5.41, 5.74) is 3.15. The second kappa shape index (κ2) is 8.33. The Bertz CT molecular complexity index is 1430. The molecule has 4 heterocycles. The molecule has 2 aliphatic rings. The lowest BCUT2D eigenvalue weighted by Crippen LogP contribution is -2.36. The number of esters is 1. The number of carbonyl (C=O) groups is 2. The lowest BCUT2D eigenvalue weighted by Gasteiger charge is -2.22. The summed E-state index contributed by atoms with van der Waals surface area (Å²) in [6, 6.07) is 2.69. The molecule has 2 fully saturated rings. The number of aromatic nitrogens is 5. The first-order valence-corrected chi connectivity index (χ1v) is 12.9. The van der Waals surface area contributed by atoms with Gasteiger partial charge in [-0.2, -0.15) is 0 Å². The van der Waals surface area contributed by atoms with Gasteiger partial charge in [-0.25, -0.2) is 19.7 Å². The number of imidazole rings is 1. The molecule has 2 saturated carbocycles. The summed E-state index contributed by atoms with van der Waals surface area (Å²) >= 11 is 1.34. The van der Waals surface area contributed by atoms with Crippen molar-refractivity contribution in [2.24, 2.45) is 0 Å². The third-order valence-electron chi connectivity index (χ3n) is 6.63. The molecule has 11 heteroatoms. The normalized spacial score (nSPS) is 15.6. The highest BCUT2D eigenvalue weighted by molar-refractivity contribution is 7.14. The monoisotopic (exact) mass is 493 g/mol. The van der Waals surface area contributed by atoms with Crippen molar-refractivity contribution < 1.29 is 14.3 Å². The predicted octanol–water partition coefficient (Wildman–Crippen LogP) is 4.10. The number of rotatable bonds is 8. The number of nitrogens with zero attached hydrogens (tertiary/aromatic N) is 6. The Morgan fingerprint density at radius 3 is 2.60 bits per heavy atom. The summed E-state index contributed by atoms with van der Waals surface area (Å²) in [5, 5.41) is 3.14. The first-order valence-electron chi connectivity index (χ1n) is 12.1. The van der Waals surface area contributed by atoms with Crippen molar-refractivity contribution in [3.63, 3.8) is 0 Å². The van der Waals surface area contributed by atoms with E-state index in [0.29, 0.717) is 47.5 Å². The molecule has 2 aliphatic carbocycles. The molecule has 0 bridgehead atoms. The molecule has 0 atom stereocenters. The highest BCUT2D eigenvalue weighted by atomic mass is 32.1. The molecule has 0 aliphatic heterocycles. The molecule has 0 unspecified atom stereocenters. The summed E-state index contributed by atoms with van der Waals surface area (Å²) in [6.07, 6.45) is 6.00. The van der Waals surface area contributed by atoms with Gasteiger partial charge in [0.25, 0.3) is 5.91 Å². The van der Waals surface area contributed by atoms with Gasteiger partial charge in [-0.15, -0.1) is 11.3 Å². The van der Waals surface area contributed by atoms with Crippen LogP contribution in [0, 0.1) is 0 Å². The van der Waals surface area contributed by atoms with Crippen LogP contribution in [-0.4, -0.2) is 67.0 Å². The fourth-order valence-corrected chi connectivity index (χ4v) is 5.44. The van der Waals surface area contributed by atoms with Crippen LogP contribution in [0.4, 0.5) is 10.9 Å². The van der Waals surface area contributed by atoms with Gasteiger partial charge in [-0.05, 0) is 45.6 Å². The summed E-state index contributed by atoms with van der Waals surface area (Å²) in [6.45, 7) is 4.70. The van der Waals surface area contributed by atoms with Crippen LogP contribution < -0.4 is 4.90 Å². The number of H-pyrrole nitrogens is 1. The molecular formula is C24H27N7O3S. The van der Waals surface area contributed by atoms with E-state index >= 15 is 0 Å². The number of thiazole rings is 1. The van der Waals surface area contributed by atoms with Crippen LogP contribution in [0.1, 0.15) is 60.5 Å². The Hall–Kier alpha value is -3.47. The molecule has 0 spiro atoms. The zero-order valence-electron chi connectivity index (χ0n) is 19.9. The van der Waals surface area contributed by atoms with Gasteiger partial charge < -0.3 is 24.1 Å². The molecule has 0 saturated heterocycles. The van der Waals surface area contributed by atoms with Crippen LogP contribution in [0.25, 0.3) is 22.1 Å². The van der Waals surface area contributed by atoms with E-state index in [1.165, 1.54) is 11.3 Å². The maximum Gasteiger partial charge on any atom is 0.357 e. The largest absolute Gasteiger partial charge is 0.461 e. The highest BCUT2D eigenvalue weighted by Crippen LogP contribution is 2.40. The van der Waals surface area contributed by atoms with Crippen molar-refractivity contribution >= 4 is 56.2 Å². The van der Waals surface area contributed by atoms with Crippen molar-refractivity contribution in [1.82, 2.24) is 29.4 Å². The van der Waals surface area contributed by atoms with Gasteiger partial charge in [-0.3, -0.25) is 4.79 Å². The SMILES string of the molecule is CCOC(=O)c1csc(N(C)c2nc3c(cc(C(=O)N(C4CC4)C4CC4)n3CC)c3nc[nH]c23)n1. The number of pyridine rings is 1. The van der Waals surface area contributed by atoms with E-state index in [0.717, 1.165) is 42.1 Å². The summed E-state index contributed by atoms with van der Waals surface area (Å²) < 4.78 is 7.07. The van der Waals surface area contributed by atoms with Crippen LogP contribution in [0.3, 0.4) is 0 Å². The molecule has 10 nitrogen and oxygen atoms in total. The topological polar surface area (TPSA) is 109 Å². The number of aryl methyl sites for hydroxylation is 1. The minimum atomic E-state index is -0.447. The third kappa shape index (κ3) is 3.65. The zero-order valence-corrected chi connectivity index (χ0v) is 20.8. The lowest BCUT2D eigenvalue weighted by molar-refractivity contribution is 0.0520. The third-order valence-corrected chi connectivity index (χ3v) is 7.55. The molecule has 182 valence electrons. The molecule has 0 radical (unpaired) electrons. The number of carbonyl (C=O) groups excluding carboxylic acids is 2. The van der Waals surface area contributed by atoms with E-state index in [9.17, 15) is 9.59 Å². The average Bonchev–Trinajstić information content (AvgIpc) is 3.72. The van der Waals surface area contributed by atoms with Crippen LogP contribution >= 0.6 is 11.3 Å². The van der Waals surface area contributed by atoms with Gasteiger partial charge >= 0.3 is 5.97 Å². The predicted molar refractivity (Wildman–Crippen MR) is 133 cm³/mol. The van der Waals surface area contributed by atoms with E-state index < -0.39 is 5.97 Å². The fourth-order valence-electron chi connectivity index (χ4n) is 4.67. The van der Waals surface area contributed by atoms with Gasteiger partial charge in [0.1, 0.15) is 22.4 Å². The van der Waals surface area contributed by atoms with Crippen LogP contribution in [0.2, 0.25) is 0 Å². The number of anilines is 2. The Balaban J connectivity index is 1.45. The van der Waals surface area contributed by atoms with Gasteiger partial charge in [0, 0.05) is 36.4 Å². The van der Waals surface area contributed by atoms with E-state index in [4.69, 9.17) is 9.72 Å². The minimum Gasteiger partial charge on any atom is -0.461 e. The maximum absolute atomic E-state index is 13.7. The molecule has 6 rings (SSSR count). The summed E-state index contributed by atoms with van der Waals surface area (Å²) in [4.78, 5) is 46.9. The number of nitrogens with one attached hydrogen (secondary N) is 1. The van der Waals surface area contributed by atoms with E-state index in [1.807, 2.05) is 29.5 Å². The lowest BCUT2D eigenvalue weighted by atomic mass is 10.2. The van der Waals surface area contributed by atoms with E-state index in [-0.39, 0.29) is 11.6 Å². The number of aromatic amines is 1. The second-order valence-corrected chi connectivity index (χ2v) is 9.88. The quantitative estimate of drug-likeness (QED) is 0.368. The summed E-state index contributed by atoms with van der Waals surface area (Å²) in [5.74, 6) is 0.271. The van der Waals surface area contributed by atoms with Crippen molar-refractivity contribution in [3.05, 3.63) is 29.2 Å². The molecular weight excluding hydrogens is 466 g/mol. The number of amides is 1. The van der Waals surface area contributed by atoms with Crippen molar-refractivity contribution in [1.29, 1.82) is 0 Å². The Labute approximate surface area is 205 Å². The number of hydrogen-bond donors (Lipinski definition) is 1. The van der Waals surface area contributed by atoms with Gasteiger partial charge in [-0.1, -0.05) is 0 Å². The summed E-state index contributed by atoms with van der Waals surface area (Å²) in [7, 11) is 1.86. The number of fused-ring (bicyclic) bond motifs is 3. The zero-order chi connectivity index (χ0) is 24.3. The van der Waals surface area contributed by atoms with Crippen molar-refractivity contribution in [3.8, 4) is 0 Å². The standard InChI is InChI=1S/C24H27N7O3S/c1-4-30-17(22(32)31(13-6-7-13)14-8-9-14)10-15-18-19(26-12-25-18)21(28-20(15)30)29(3)24-27-16(11-35-24)23(33)34-5-2/h10-14H,4-9H2,1-3H3,(H,25,26). The van der Waals surface area contributed by atoms with Crippen molar-refractivity contribution in [2.75, 3.05) is 18.6 Å². The number of hydrogen-bond acceptors (Lipinski definition) is 8. The second-order valence-electron chi connectivity index (χ2n) is 9.04. The van der Waals surface area contributed by atoms with Gasteiger partial charge in [0.15, 0.2) is 16.6 Å². The van der Waals surface area contributed by atoms with Crippen LogP contribution in [0.5, 0.6) is 0 Å². The van der Waals surface area contributed by atoms with Crippen LogP contribution in [-0.2, 0) is 11.3 Å². The van der Waals surface area contributed by atoms with Crippen molar-refractivity contribution in [2.45, 2.75) is 58.2 Å². The number of ether oxygens (including phenoxy) is 1. The molecule has 0 aromatic carbocycles. The first-order chi connectivity index (χ1) is 17.0. The Kier molecular flexibility index (Phi) is 5.24. The van der Waals surface area contributed by atoms with E-state index in [2.05, 4.69) is 19.9 Å². The molecule has 1 N–H and O–H groups in total. The molecule has 4 aromatic heterocycles. The molecule has 4 aromatic rings. The minimum absolute atomic E-state index is 0.0902. The maximum atomic E-state index is 13.7. The Morgan fingerprint density at radius 2 is 1.94 bits per heavy atom. The highest BCUT2D eigenvalue weighted by Gasteiger charge is 2.43.